The summed E-state index contributed by atoms with van der Waals surface area (Å²) in [6.07, 6.45) is 8.87. The predicted octanol–water partition coefficient (Wildman–Crippen LogP) is 2.40. The Bertz CT molecular complexity index is 459. The van der Waals surface area contributed by atoms with E-state index in [0.29, 0.717) is 11.7 Å². The molecule has 2 aliphatic rings. The van der Waals surface area contributed by atoms with Gasteiger partial charge < -0.3 is 15.2 Å². The Morgan fingerprint density at radius 3 is 3.10 bits per heavy atom. The van der Waals surface area contributed by atoms with Crippen molar-refractivity contribution in [3.05, 3.63) is 11.9 Å². The second-order valence-corrected chi connectivity index (χ2v) is 6.21. The highest BCUT2D eigenvalue weighted by molar-refractivity contribution is 5.92. The fourth-order valence-corrected chi connectivity index (χ4v) is 3.18. The number of hydrogen-bond donors (Lipinski definition) is 2. The van der Waals surface area contributed by atoms with Crippen LogP contribution >= 0.6 is 0 Å². The second-order valence-electron chi connectivity index (χ2n) is 6.21. The van der Waals surface area contributed by atoms with Crippen molar-refractivity contribution in [3.8, 4) is 0 Å². The van der Waals surface area contributed by atoms with Crippen molar-refractivity contribution in [2.75, 3.05) is 11.9 Å². The van der Waals surface area contributed by atoms with Crippen LogP contribution in [0.4, 0.5) is 5.95 Å². The topological polar surface area (TPSA) is 59.0 Å². The molecule has 1 aliphatic carbocycles. The van der Waals surface area contributed by atoms with Gasteiger partial charge in [-0.3, -0.25) is 4.79 Å². The van der Waals surface area contributed by atoms with Gasteiger partial charge in [-0.05, 0) is 31.6 Å². The first-order valence-corrected chi connectivity index (χ1v) is 7.84. The van der Waals surface area contributed by atoms with Gasteiger partial charge in [0.1, 0.15) is 5.69 Å². The van der Waals surface area contributed by atoms with Crippen LogP contribution in [0.3, 0.4) is 0 Å². The van der Waals surface area contributed by atoms with E-state index in [9.17, 15) is 4.79 Å². The molecule has 0 aromatic carbocycles. The molecule has 1 saturated carbocycles. The van der Waals surface area contributed by atoms with Crippen LogP contribution in [0.2, 0.25) is 0 Å². The number of rotatable bonds is 2. The van der Waals surface area contributed by atoms with Crippen molar-refractivity contribution in [3.63, 3.8) is 0 Å². The van der Waals surface area contributed by atoms with Crippen LogP contribution in [-0.2, 0) is 6.54 Å². The normalized spacial score (nSPS) is 26.2. The maximum Gasteiger partial charge on any atom is 0.271 e. The summed E-state index contributed by atoms with van der Waals surface area (Å²) in [4.78, 5) is 16.7. The maximum atomic E-state index is 12.3. The van der Waals surface area contributed by atoms with Crippen LogP contribution in [0, 0.1) is 5.92 Å². The standard InChI is InChI=1S/C15H24N4O/c1-11-4-2-5-12(7-6-11)17-14(20)13-10-19-9-3-8-16-15(19)18-13/h10-12H,2-9H2,1H3,(H,16,18)(H,17,20). The molecular formula is C15H24N4O. The number of fused-ring (bicyclic) bond motifs is 1. The zero-order valence-electron chi connectivity index (χ0n) is 12.2. The molecule has 1 aliphatic heterocycles. The van der Waals surface area contributed by atoms with Gasteiger partial charge in [-0.25, -0.2) is 4.98 Å². The van der Waals surface area contributed by atoms with Crippen molar-refractivity contribution in [2.24, 2.45) is 5.92 Å². The number of carbonyl (C=O) groups is 1. The molecule has 3 rings (SSSR count). The number of anilines is 1. The van der Waals surface area contributed by atoms with E-state index in [0.717, 1.165) is 44.2 Å². The lowest BCUT2D eigenvalue weighted by atomic mass is 10.0. The van der Waals surface area contributed by atoms with Crippen LogP contribution in [0.5, 0.6) is 0 Å². The summed E-state index contributed by atoms with van der Waals surface area (Å²) >= 11 is 0. The Morgan fingerprint density at radius 1 is 1.35 bits per heavy atom. The van der Waals surface area contributed by atoms with Gasteiger partial charge in [-0.15, -0.1) is 0 Å². The number of hydrogen-bond acceptors (Lipinski definition) is 3. The molecule has 20 heavy (non-hydrogen) atoms. The van der Waals surface area contributed by atoms with Gasteiger partial charge in [0.2, 0.25) is 5.95 Å². The molecule has 2 unspecified atom stereocenters. The lowest BCUT2D eigenvalue weighted by molar-refractivity contribution is 0.0928. The van der Waals surface area contributed by atoms with Crippen LogP contribution < -0.4 is 10.6 Å². The molecule has 0 bridgehead atoms. The van der Waals surface area contributed by atoms with Crippen molar-refractivity contribution in [1.82, 2.24) is 14.9 Å². The Labute approximate surface area is 120 Å². The molecule has 0 radical (unpaired) electrons. The minimum absolute atomic E-state index is 0.0201. The quantitative estimate of drug-likeness (QED) is 0.815. The van der Waals surface area contributed by atoms with Gasteiger partial charge in [0.05, 0.1) is 0 Å². The third-order valence-corrected chi connectivity index (χ3v) is 4.46. The van der Waals surface area contributed by atoms with E-state index < -0.39 is 0 Å². The predicted molar refractivity (Wildman–Crippen MR) is 78.8 cm³/mol. The van der Waals surface area contributed by atoms with E-state index in [4.69, 9.17) is 0 Å². The van der Waals surface area contributed by atoms with Gasteiger partial charge in [0, 0.05) is 25.3 Å². The van der Waals surface area contributed by atoms with E-state index in [1.54, 1.807) is 0 Å². The minimum atomic E-state index is -0.0201. The summed E-state index contributed by atoms with van der Waals surface area (Å²) in [5, 5.41) is 6.39. The zero-order chi connectivity index (χ0) is 13.9. The van der Waals surface area contributed by atoms with E-state index in [2.05, 4.69) is 22.5 Å². The molecule has 1 amide bonds. The zero-order valence-corrected chi connectivity index (χ0v) is 12.2. The number of aromatic nitrogens is 2. The molecule has 110 valence electrons. The number of aryl methyl sites for hydroxylation is 1. The molecule has 1 fully saturated rings. The fourth-order valence-electron chi connectivity index (χ4n) is 3.18. The monoisotopic (exact) mass is 276 g/mol. The molecule has 2 atom stereocenters. The van der Waals surface area contributed by atoms with E-state index in [-0.39, 0.29) is 5.91 Å². The third-order valence-electron chi connectivity index (χ3n) is 4.46. The van der Waals surface area contributed by atoms with Gasteiger partial charge >= 0.3 is 0 Å². The smallest absolute Gasteiger partial charge is 0.271 e. The number of amides is 1. The molecule has 2 heterocycles. The molecule has 1 aromatic heterocycles. The van der Waals surface area contributed by atoms with E-state index >= 15 is 0 Å². The van der Waals surface area contributed by atoms with Crippen molar-refractivity contribution >= 4 is 11.9 Å². The first-order valence-electron chi connectivity index (χ1n) is 7.84. The molecular weight excluding hydrogens is 252 g/mol. The lowest BCUT2D eigenvalue weighted by Gasteiger charge is -2.15. The molecule has 0 spiro atoms. The van der Waals surface area contributed by atoms with Crippen LogP contribution in [-0.4, -0.2) is 28.0 Å². The van der Waals surface area contributed by atoms with Crippen LogP contribution in [0.1, 0.15) is 55.9 Å². The van der Waals surface area contributed by atoms with Gasteiger partial charge in [0.25, 0.3) is 5.91 Å². The molecule has 5 nitrogen and oxygen atoms in total. The number of imidazole rings is 1. The first kappa shape index (κ1) is 13.5. The van der Waals surface area contributed by atoms with Crippen molar-refractivity contribution in [1.29, 1.82) is 0 Å². The summed E-state index contributed by atoms with van der Waals surface area (Å²) < 4.78 is 2.04. The maximum absolute atomic E-state index is 12.3. The van der Waals surface area contributed by atoms with Gasteiger partial charge in [-0.2, -0.15) is 0 Å². The number of carbonyl (C=O) groups excluding carboxylic acids is 1. The van der Waals surface area contributed by atoms with Gasteiger partial charge in [-0.1, -0.05) is 19.8 Å². The average molecular weight is 276 g/mol. The Balaban J connectivity index is 1.62. The number of nitrogens with zero attached hydrogens (tertiary/aromatic N) is 2. The highest BCUT2D eigenvalue weighted by Crippen LogP contribution is 2.23. The first-order chi connectivity index (χ1) is 9.72. The summed E-state index contributed by atoms with van der Waals surface area (Å²) in [5.41, 5.74) is 0.548. The highest BCUT2D eigenvalue weighted by Gasteiger charge is 2.21. The minimum Gasteiger partial charge on any atom is -0.356 e. The van der Waals surface area contributed by atoms with Gasteiger partial charge in [0.15, 0.2) is 0 Å². The second kappa shape index (κ2) is 5.85. The summed E-state index contributed by atoms with van der Waals surface area (Å²) in [7, 11) is 0. The molecule has 1 aromatic rings. The highest BCUT2D eigenvalue weighted by atomic mass is 16.2. The van der Waals surface area contributed by atoms with E-state index in [1.165, 1.54) is 19.3 Å². The Kier molecular flexibility index (Phi) is 3.94. The Morgan fingerprint density at radius 2 is 2.25 bits per heavy atom. The lowest BCUT2D eigenvalue weighted by Crippen LogP contribution is -2.34. The molecule has 2 N–H and O–H groups in total. The SMILES string of the molecule is CC1CCCC(NC(=O)c2cn3c(n2)NCCC3)CC1. The van der Waals surface area contributed by atoms with Crippen LogP contribution in [0.25, 0.3) is 0 Å². The van der Waals surface area contributed by atoms with E-state index in [1.807, 2.05) is 10.8 Å². The summed E-state index contributed by atoms with van der Waals surface area (Å²) in [6, 6.07) is 0.319. The van der Waals surface area contributed by atoms with Crippen LogP contribution in [0.15, 0.2) is 6.20 Å². The fraction of sp³-hybridized carbons (Fsp3) is 0.733. The summed E-state index contributed by atoms with van der Waals surface area (Å²) in [5.74, 6) is 1.60. The molecule has 5 heteroatoms. The molecule has 0 saturated heterocycles. The number of nitrogens with one attached hydrogen (secondary N) is 2. The largest absolute Gasteiger partial charge is 0.356 e. The van der Waals surface area contributed by atoms with Crippen molar-refractivity contribution < 1.29 is 4.79 Å². The average Bonchev–Trinajstić information content (AvgIpc) is 2.78. The third kappa shape index (κ3) is 2.97. The van der Waals surface area contributed by atoms with Crippen molar-refractivity contribution in [2.45, 2.75) is 58.0 Å². The Hall–Kier alpha value is -1.52. The summed E-state index contributed by atoms with van der Waals surface area (Å²) in [6.45, 7) is 4.20.